The lowest BCUT2D eigenvalue weighted by molar-refractivity contribution is 0.269. The molecule has 0 aliphatic rings. The summed E-state index contributed by atoms with van der Waals surface area (Å²) in [5.74, 6) is 0. The molecule has 0 saturated carbocycles. The predicted molar refractivity (Wildman–Crippen MR) is 50.4 cm³/mol. The molecular formula is C7H10Cl3O2. The molecule has 0 unspecified atom stereocenters. The van der Waals surface area contributed by atoms with E-state index in [9.17, 15) is 4.79 Å². The van der Waals surface area contributed by atoms with Crippen LogP contribution in [0.5, 0.6) is 0 Å². The van der Waals surface area contributed by atoms with Crippen LogP contribution in [0.1, 0.15) is 25.7 Å². The number of rotatable bonds is 6. The highest BCUT2D eigenvalue weighted by Gasteiger charge is 2.17. The smallest absolute Gasteiger partial charge is 0.417 e. The third-order valence-corrected chi connectivity index (χ3v) is 1.83. The highest BCUT2D eigenvalue weighted by atomic mass is 35.6. The molecule has 5 heteroatoms. The van der Waals surface area contributed by atoms with Crippen molar-refractivity contribution in [3.8, 4) is 0 Å². The van der Waals surface area contributed by atoms with Gasteiger partial charge >= 0.3 is 6.47 Å². The van der Waals surface area contributed by atoms with Crippen LogP contribution in [0.15, 0.2) is 0 Å². The number of ether oxygens (including phenoxy) is 1. The van der Waals surface area contributed by atoms with Gasteiger partial charge in [0.25, 0.3) is 0 Å². The van der Waals surface area contributed by atoms with Crippen LogP contribution in [0.2, 0.25) is 0 Å². The Morgan fingerprint density at radius 3 is 2.33 bits per heavy atom. The summed E-state index contributed by atoms with van der Waals surface area (Å²) in [4.78, 5) is 9.59. The van der Waals surface area contributed by atoms with Crippen molar-refractivity contribution in [3.05, 3.63) is 0 Å². The first-order valence-electron chi connectivity index (χ1n) is 3.62. The van der Waals surface area contributed by atoms with E-state index in [0.29, 0.717) is 13.0 Å². The summed E-state index contributed by atoms with van der Waals surface area (Å²) >= 11 is 16.5. The Balaban J connectivity index is 3.06. The van der Waals surface area contributed by atoms with E-state index in [1.165, 1.54) is 6.47 Å². The number of carbonyl (C=O) groups excluding carboxylic acids is 1. The van der Waals surface area contributed by atoms with Gasteiger partial charge in [-0.05, 0) is 25.7 Å². The Morgan fingerprint density at radius 2 is 1.83 bits per heavy atom. The molecule has 0 atom stereocenters. The standard InChI is InChI=1S/C7H10Cl3O2/c8-7(9,10)4-2-1-3-5-12-6-11/h1-5H2. The van der Waals surface area contributed by atoms with Crippen LogP contribution >= 0.6 is 34.8 Å². The van der Waals surface area contributed by atoms with Crippen molar-refractivity contribution < 1.29 is 9.53 Å². The number of halogens is 3. The highest BCUT2D eigenvalue weighted by molar-refractivity contribution is 6.67. The predicted octanol–water partition coefficient (Wildman–Crippen LogP) is 3.00. The Bertz CT molecular complexity index is 122. The van der Waals surface area contributed by atoms with Crippen molar-refractivity contribution >= 4 is 41.3 Å². The minimum atomic E-state index is -1.16. The first-order valence-corrected chi connectivity index (χ1v) is 4.75. The van der Waals surface area contributed by atoms with Crippen LogP contribution in [0.3, 0.4) is 0 Å². The Labute approximate surface area is 87.1 Å². The molecule has 0 aliphatic carbocycles. The molecular weight excluding hydrogens is 222 g/mol. The molecule has 0 bridgehead atoms. The van der Waals surface area contributed by atoms with E-state index >= 15 is 0 Å². The molecule has 12 heavy (non-hydrogen) atoms. The largest absolute Gasteiger partial charge is 0.457 e. The topological polar surface area (TPSA) is 26.3 Å². The third kappa shape index (κ3) is 10.3. The lowest BCUT2D eigenvalue weighted by atomic mass is 10.2. The molecule has 0 fully saturated rings. The van der Waals surface area contributed by atoms with Crippen molar-refractivity contribution in [1.29, 1.82) is 0 Å². The number of unbranched alkanes of at least 4 members (excludes halogenated alkanes) is 2. The van der Waals surface area contributed by atoms with Gasteiger partial charge in [0.1, 0.15) is 0 Å². The first kappa shape index (κ1) is 12.3. The second-order valence-corrected chi connectivity index (χ2v) is 4.87. The maximum atomic E-state index is 9.59. The normalized spacial score (nSPS) is 11.2. The van der Waals surface area contributed by atoms with Crippen LogP contribution in [0, 0.1) is 0 Å². The van der Waals surface area contributed by atoms with E-state index in [0.717, 1.165) is 19.3 Å². The minimum absolute atomic E-state index is 0.392. The number of alkyl halides is 3. The van der Waals surface area contributed by atoms with E-state index in [2.05, 4.69) is 4.74 Å². The molecule has 0 saturated heterocycles. The summed E-state index contributed by atoms with van der Waals surface area (Å²) < 4.78 is 3.21. The van der Waals surface area contributed by atoms with Crippen molar-refractivity contribution in [3.63, 3.8) is 0 Å². The molecule has 0 aliphatic heterocycles. The number of hydrogen-bond acceptors (Lipinski definition) is 2. The van der Waals surface area contributed by atoms with Crippen LogP contribution in [0.4, 0.5) is 0 Å². The molecule has 2 nitrogen and oxygen atoms in total. The molecule has 0 spiro atoms. The molecule has 0 rings (SSSR count). The van der Waals surface area contributed by atoms with Gasteiger partial charge in [-0.25, -0.2) is 4.79 Å². The maximum absolute atomic E-state index is 9.59. The van der Waals surface area contributed by atoms with Crippen LogP contribution in [0.25, 0.3) is 0 Å². The van der Waals surface area contributed by atoms with Gasteiger partial charge in [0.15, 0.2) is 3.79 Å². The van der Waals surface area contributed by atoms with E-state index in [1.54, 1.807) is 0 Å². The van der Waals surface area contributed by atoms with Crippen molar-refractivity contribution in [2.75, 3.05) is 6.61 Å². The quantitative estimate of drug-likeness (QED) is 0.520. The molecule has 0 amide bonds. The van der Waals surface area contributed by atoms with Gasteiger partial charge in [-0.1, -0.05) is 34.8 Å². The molecule has 0 aromatic heterocycles. The summed E-state index contributed by atoms with van der Waals surface area (Å²) in [7, 11) is 0. The summed E-state index contributed by atoms with van der Waals surface area (Å²) in [6.45, 7) is 1.74. The van der Waals surface area contributed by atoms with Crippen LogP contribution in [-0.4, -0.2) is 16.9 Å². The van der Waals surface area contributed by atoms with E-state index in [1.807, 2.05) is 0 Å². The third-order valence-electron chi connectivity index (χ3n) is 1.27. The van der Waals surface area contributed by atoms with E-state index in [4.69, 9.17) is 34.8 Å². The number of hydrogen-bond donors (Lipinski definition) is 0. The highest BCUT2D eigenvalue weighted by Crippen LogP contribution is 2.31. The van der Waals surface area contributed by atoms with Gasteiger partial charge in [-0.15, -0.1) is 0 Å². The lowest BCUT2D eigenvalue weighted by Gasteiger charge is -2.09. The fourth-order valence-electron chi connectivity index (χ4n) is 0.718. The van der Waals surface area contributed by atoms with Gasteiger partial charge in [0, 0.05) is 0 Å². The molecule has 0 aromatic carbocycles. The molecule has 71 valence electrons. The SMILES string of the molecule is O=[C]OCCCCCC(Cl)(Cl)Cl. The molecule has 0 aromatic rings. The van der Waals surface area contributed by atoms with Gasteiger partial charge < -0.3 is 4.74 Å². The van der Waals surface area contributed by atoms with Crippen molar-refractivity contribution in [2.45, 2.75) is 29.5 Å². The fourth-order valence-corrected chi connectivity index (χ4v) is 1.12. The minimum Gasteiger partial charge on any atom is -0.457 e. The molecule has 0 N–H and O–H groups in total. The second kappa shape index (κ2) is 6.81. The molecule has 1 radical (unpaired) electrons. The Kier molecular flexibility index (Phi) is 7.01. The summed E-state index contributed by atoms with van der Waals surface area (Å²) in [6.07, 6.45) is 3.02. The van der Waals surface area contributed by atoms with Crippen LogP contribution in [-0.2, 0) is 9.53 Å². The van der Waals surface area contributed by atoms with E-state index in [-0.39, 0.29) is 0 Å². The Hall–Kier alpha value is 0.340. The average Bonchev–Trinajstić information content (AvgIpc) is 1.94. The fraction of sp³-hybridized carbons (Fsp3) is 0.857. The van der Waals surface area contributed by atoms with Gasteiger partial charge in [0.05, 0.1) is 6.61 Å². The van der Waals surface area contributed by atoms with E-state index < -0.39 is 3.79 Å². The van der Waals surface area contributed by atoms with Gasteiger partial charge in [0.2, 0.25) is 0 Å². The van der Waals surface area contributed by atoms with Gasteiger partial charge in [-0.3, -0.25) is 0 Å². The summed E-state index contributed by atoms with van der Waals surface area (Å²) in [5, 5.41) is 0. The summed E-state index contributed by atoms with van der Waals surface area (Å²) in [6, 6.07) is 0. The van der Waals surface area contributed by atoms with Crippen molar-refractivity contribution in [1.82, 2.24) is 0 Å². The van der Waals surface area contributed by atoms with Crippen molar-refractivity contribution in [2.24, 2.45) is 0 Å². The average molecular weight is 233 g/mol. The molecule has 0 heterocycles. The first-order chi connectivity index (χ1) is 5.56. The second-order valence-electron chi connectivity index (χ2n) is 2.36. The van der Waals surface area contributed by atoms with Gasteiger partial charge in [-0.2, -0.15) is 0 Å². The lowest BCUT2D eigenvalue weighted by Crippen LogP contribution is -2.01. The zero-order chi connectivity index (χ0) is 9.45. The summed E-state index contributed by atoms with van der Waals surface area (Å²) in [5.41, 5.74) is 0. The zero-order valence-corrected chi connectivity index (χ0v) is 8.75. The van der Waals surface area contributed by atoms with Crippen LogP contribution < -0.4 is 0 Å². The zero-order valence-electron chi connectivity index (χ0n) is 6.49. The monoisotopic (exact) mass is 231 g/mol. The Morgan fingerprint density at radius 1 is 1.17 bits per heavy atom. The maximum Gasteiger partial charge on any atom is 0.417 e.